The number of halogens is 1. The third kappa shape index (κ3) is 3.35. The average molecular weight is 412 g/mol. The predicted molar refractivity (Wildman–Crippen MR) is 117 cm³/mol. The number of anilines is 3. The number of hydrogen-bond donors (Lipinski definition) is 2. The fourth-order valence-electron chi connectivity index (χ4n) is 4.67. The largest absolute Gasteiger partial charge is 0.340 e. The Kier molecular flexibility index (Phi) is 4.86. The zero-order chi connectivity index (χ0) is 20.0. The monoisotopic (exact) mass is 411 g/mol. The zero-order valence-electron chi connectivity index (χ0n) is 16.6. The first-order chi connectivity index (χ1) is 14.1. The molecule has 2 saturated heterocycles. The molecule has 2 atom stereocenters. The highest BCUT2D eigenvalue weighted by Gasteiger charge is 2.36. The van der Waals surface area contributed by atoms with Crippen LogP contribution in [0.25, 0.3) is 0 Å². The van der Waals surface area contributed by atoms with E-state index in [9.17, 15) is 4.79 Å². The van der Waals surface area contributed by atoms with E-state index in [1.807, 2.05) is 35.2 Å². The SMILES string of the molecule is CC1NNC2CCN(c3ccc(Cl)cc3)c3cc(C(=O)N4CCCC4)ccc3N12. The summed E-state index contributed by atoms with van der Waals surface area (Å²) in [5.41, 5.74) is 10.8. The van der Waals surface area contributed by atoms with Gasteiger partial charge in [0.15, 0.2) is 0 Å². The number of hydrogen-bond acceptors (Lipinski definition) is 5. The number of rotatable bonds is 2. The van der Waals surface area contributed by atoms with Crippen LogP contribution in [0.15, 0.2) is 42.5 Å². The summed E-state index contributed by atoms with van der Waals surface area (Å²) < 4.78 is 0. The van der Waals surface area contributed by atoms with E-state index in [-0.39, 0.29) is 18.2 Å². The molecule has 3 aliphatic rings. The van der Waals surface area contributed by atoms with Gasteiger partial charge in [0.25, 0.3) is 5.91 Å². The second kappa shape index (κ2) is 7.52. The fraction of sp³-hybridized carbons (Fsp3) is 0.409. The summed E-state index contributed by atoms with van der Waals surface area (Å²) in [4.78, 5) is 19.7. The summed E-state index contributed by atoms with van der Waals surface area (Å²) in [6, 6.07) is 14.1. The summed E-state index contributed by atoms with van der Waals surface area (Å²) in [5.74, 6) is 0.132. The highest BCUT2D eigenvalue weighted by atomic mass is 35.5. The first-order valence-corrected chi connectivity index (χ1v) is 10.8. The number of carbonyl (C=O) groups is 1. The molecule has 2 fully saturated rings. The molecule has 5 rings (SSSR count). The first kappa shape index (κ1) is 18.7. The molecule has 3 aliphatic heterocycles. The molecule has 0 aromatic heterocycles. The number of nitrogens with zero attached hydrogens (tertiary/aromatic N) is 3. The smallest absolute Gasteiger partial charge is 0.253 e. The molecule has 2 aromatic rings. The van der Waals surface area contributed by atoms with Gasteiger partial charge in [-0.2, -0.15) is 0 Å². The van der Waals surface area contributed by atoms with E-state index in [2.05, 4.69) is 39.7 Å². The Balaban J connectivity index is 1.59. The van der Waals surface area contributed by atoms with Gasteiger partial charge in [0.1, 0.15) is 0 Å². The van der Waals surface area contributed by atoms with Crippen molar-refractivity contribution in [3.8, 4) is 0 Å². The second-order valence-electron chi connectivity index (χ2n) is 8.01. The molecule has 0 bridgehead atoms. The number of likely N-dealkylation sites (tertiary alicyclic amines) is 1. The number of fused-ring (bicyclic) bond motifs is 3. The van der Waals surface area contributed by atoms with Gasteiger partial charge in [0, 0.05) is 42.3 Å². The second-order valence-corrected chi connectivity index (χ2v) is 8.44. The van der Waals surface area contributed by atoms with Gasteiger partial charge in [-0.15, -0.1) is 0 Å². The Bertz CT molecular complexity index is 912. The van der Waals surface area contributed by atoms with Crippen molar-refractivity contribution in [3.63, 3.8) is 0 Å². The summed E-state index contributed by atoms with van der Waals surface area (Å²) in [6.07, 6.45) is 3.52. The van der Waals surface area contributed by atoms with Crippen LogP contribution in [0.2, 0.25) is 5.02 Å². The van der Waals surface area contributed by atoms with E-state index in [4.69, 9.17) is 11.6 Å². The van der Waals surface area contributed by atoms with Gasteiger partial charge in [-0.3, -0.25) is 4.79 Å². The molecule has 152 valence electrons. The van der Waals surface area contributed by atoms with Gasteiger partial charge in [0.05, 0.1) is 23.7 Å². The van der Waals surface area contributed by atoms with Crippen LogP contribution in [0, 0.1) is 0 Å². The van der Waals surface area contributed by atoms with Gasteiger partial charge in [0.2, 0.25) is 0 Å². The highest BCUT2D eigenvalue weighted by molar-refractivity contribution is 6.30. The van der Waals surface area contributed by atoms with Gasteiger partial charge >= 0.3 is 0 Å². The molecule has 6 nitrogen and oxygen atoms in total. The minimum atomic E-state index is 0.132. The van der Waals surface area contributed by atoms with Crippen molar-refractivity contribution in [2.75, 3.05) is 29.4 Å². The highest BCUT2D eigenvalue weighted by Crippen LogP contribution is 2.41. The Morgan fingerprint density at radius 1 is 1.00 bits per heavy atom. The van der Waals surface area contributed by atoms with E-state index in [0.717, 1.165) is 66.5 Å². The number of carbonyl (C=O) groups excluding carboxylic acids is 1. The maximum atomic E-state index is 13.1. The minimum absolute atomic E-state index is 0.132. The van der Waals surface area contributed by atoms with E-state index in [0.29, 0.717) is 0 Å². The number of benzene rings is 2. The first-order valence-electron chi connectivity index (χ1n) is 10.4. The lowest BCUT2D eigenvalue weighted by molar-refractivity contribution is 0.0793. The summed E-state index contributed by atoms with van der Waals surface area (Å²) in [7, 11) is 0. The van der Waals surface area contributed by atoms with Crippen LogP contribution >= 0.6 is 11.6 Å². The molecule has 2 unspecified atom stereocenters. The van der Waals surface area contributed by atoms with Crippen LogP contribution in [0.1, 0.15) is 36.5 Å². The van der Waals surface area contributed by atoms with Crippen molar-refractivity contribution in [2.24, 2.45) is 0 Å². The minimum Gasteiger partial charge on any atom is -0.340 e. The van der Waals surface area contributed by atoms with Gasteiger partial charge in [-0.1, -0.05) is 11.6 Å². The van der Waals surface area contributed by atoms with Crippen molar-refractivity contribution < 1.29 is 4.79 Å². The standard InChI is InChI=1S/C22H26ClN5O/c1-15-24-25-21-10-13-27(18-7-5-17(23)6-8-18)20-14-16(4-9-19(20)28(15)21)22(29)26-11-2-3-12-26/h4-9,14-15,21,24-25H,2-3,10-13H2,1H3. The van der Waals surface area contributed by atoms with E-state index >= 15 is 0 Å². The summed E-state index contributed by atoms with van der Waals surface area (Å²) in [5, 5.41) is 0.724. The normalized spacial score (nSPS) is 23.7. The lowest BCUT2D eigenvalue weighted by Crippen LogP contribution is -2.38. The molecule has 3 heterocycles. The lowest BCUT2D eigenvalue weighted by atomic mass is 10.1. The van der Waals surface area contributed by atoms with Crippen molar-refractivity contribution in [1.82, 2.24) is 15.8 Å². The van der Waals surface area contributed by atoms with Gasteiger partial charge < -0.3 is 14.7 Å². The van der Waals surface area contributed by atoms with Crippen molar-refractivity contribution >= 4 is 34.6 Å². The molecule has 29 heavy (non-hydrogen) atoms. The Morgan fingerprint density at radius 3 is 2.52 bits per heavy atom. The molecule has 0 saturated carbocycles. The zero-order valence-corrected chi connectivity index (χ0v) is 17.3. The molecular formula is C22H26ClN5O. The molecule has 0 aliphatic carbocycles. The quantitative estimate of drug-likeness (QED) is 0.789. The molecule has 7 heteroatoms. The number of nitrogens with one attached hydrogen (secondary N) is 2. The Morgan fingerprint density at radius 2 is 1.76 bits per heavy atom. The fourth-order valence-corrected chi connectivity index (χ4v) is 4.79. The maximum Gasteiger partial charge on any atom is 0.253 e. The maximum absolute atomic E-state index is 13.1. The molecule has 2 aromatic carbocycles. The third-order valence-electron chi connectivity index (χ3n) is 6.16. The number of amides is 1. The van der Waals surface area contributed by atoms with Crippen molar-refractivity contribution in [1.29, 1.82) is 0 Å². The molecule has 0 spiro atoms. The van der Waals surface area contributed by atoms with Crippen LogP contribution in [0.5, 0.6) is 0 Å². The van der Waals surface area contributed by atoms with E-state index < -0.39 is 0 Å². The van der Waals surface area contributed by atoms with Crippen LogP contribution in [0.4, 0.5) is 17.1 Å². The Labute approximate surface area is 176 Å². The van der Waals surface area contributed by atoms with Crippen LogP contribution in [-0.4, -0.2) is 42.8 Å². The van der Waals surface area contributed by atoms with Crippen LogP contribution in [-0.2, 0) is 0 Å². The van der Waals surface area contributed by atoms with Gasteiger partial charge in [-0.25, -0.2) is 10.9 Å². The average Bonchev–Trinajstić information content (AvgIpc) is 3.36. The predicted octanol–water partition coefficient (Wildman–Crippen LogP) is 3.70. The van der Waals surface area contributed by atoms with E-state index in [1.165, 1.54) is 0 Å². The molecule has 0 radical (unpaired) electrons. The third-order valence-corrected chi connectivity index (χ3v) is 6.41. The topological polar surface area (TPSA) is 50.9 Å². The lowest BCUT2D eigenvalue weighted by Gasteiger charge is -2.30. The van der Waals surface area contributed by atoms with Crippen molar-refractivity contribution in [3.05, 3.63) is 53.1 Å². The van der Waals surface area contributed by atoms with Gasteiger partial charge in [-0.05, 0) is 62.2 Å². The van der Waals surface area contributed by atoms with E-state index in [1.54, 1.807) is 0 Å². The summed E-state index contributed by atoms with van der Waals surface area (Å²) in [6.45, 7) is 4.71. The Hall–Kier alpha value is -2.28. The molecule has 2 N–H and O–H groups in total. The summed E-state index contributed by atoms with van der Waals surface area (Å²) >= 11 is 6.12. The van der Waals surface area contributed by atoms with Crippen molar-refractivity contribution in [2.45, 2.75) is 38.5 Å². The number of hydrazine groups is 1. The molecular weight excluding hydrogens is 386 g/mol. The van der Waals surface area contributed by atoms with Crippen LogP contribution < -0.4 is 20.7 Å². The van der Waals surface area contributed by atoms with Crippen LogP contribution in [0.3, 0.4) is 0 Å². The molecule has 1 amide bonds.